The number of carbonyl (C=O) groups excluding carboxylic acids is 2. The summed E-state index contributed by atoms with van der Waals surface area (Å²) in [5.74, 6) is -1.83. The van der Waals surface area contributed by atoms with Crippen molar-refractivity contribution >= 4 is 11.9 Å². The van der Waals surface area contributed by atoms with E-state index >= 15 is 0 Å². The van der Waals surface area contributed by atoms with E-state index in [1.807, 2.05) is 0 Å². The van der Waals surface area contributed by atoms with Crippen molar-refractivity contribution in [2.75, 3.05) is 6.61 Å². The van der Waals surface area contributed by atoms with Crippen LogP contribution in [0.1, 0.15) is 80.1 Å². The average molecular weight is 357 g/mol. The highest BCUT2D eigenvalue weighted by Gasteiger charge is 2.38. The maximum Gasteiger partial charge on any atom is 0.320 e. The second kappa shape index (κ2) is 9.02. The third-order valence-electron chi connectivity index (χ3n) is 4.47. The van der Waals surface area contributed by atoms with Gasteiger partial charge in [-0.05, 0) is 59.8 Å². The minimum atomic E-state index is -0.988. The van der Waals surface area contributed by atoms with Gasteiger partial charge in [0.15, 0.2) is 5.92 Å². The molecule has 0 aromatic rings. The minimum Gasteiger partial charge on any atom is -0.459 e. The highest BCUT2D eigenvalue weighted by molar-refractivity contribution is 5.95. The largest absolute Gasteiger partial charge is 0.459 e. The Kier molecular flexibility index (Phi) is 7.91. The van der Waals surface area contributed by atoms with Crippen molar-refractivity contribution in [3.05, 3.63) is 0 Å². The van der Waals surface area contributed by atoms with Crippen molar-refractivity contribution in [2.24, 2.45) is 17.8 Å². The standard InChI is InChI=1S/C20H36O5/c1-19(2,3)24-17(22)16(18(23)25-20(4,5)6)12-15(13-21)14-10-8-7-9-11-14/h14-16,21H,7-13H2,1-6H3/t15-/m0/s1. The van der Waals surface area contributed by atoms with Gasteiger partial charge in [-0.25, -0.2) is 0 Å². The number of esters is 2. The Balaban J connectivity index is 2.91. The first kappa shape index (κ1) is 21.9. The predicted molar refractivity (Wildman–Crippen MR) is 96.9 cm³/mol. The van der Waals surface area contributed by atoms with E-state index in [9.17, 15) is 14.7 Å². The van der Waals surface area contributed by atoms with Crippen LogP contribution in [0, 0.1) is 17.8 Å². The van der Waals surface area contributed by atoms with E-state index in [1.54, 1.807) is 41.5 Å². The van der Waals surface area contributed by atoms with Crippen LogP contribution in [0.2, 0.25) is 0 Å². The highest BCUT2D eigenvalue weighted by atomic mass is 16.6. The van der Waals surface area contributed by atoms with Crippen LogP contribution < -0.4 is 0 Å². The van der Waals surface area contributed by atoms with Crippen molar-refractivity contribution < 1.29 is 24.2 Å². The first-order chi connectivity index (χ1) is 11.4. The lowest BCUT2D eigenvalue weighted by Crippen LogP contribution is -2.39. The molecule has 146 valence electrons. The third-order valence-corrected chi connectivity index (χ3v) is 4.47. The van der Waals surface area contributed by atoms with Crippen molar-refractivity contribution in [2.45, 2.75) is 91.3 Å². The molecule has 1 aliphatic rings. The highest BCUT2D eigenvalue weighted by Crippen LogP contribution is 2.34. The molecule has 0 amide bonds. The second-order valence-corrected chi connectivity index (χ2v) is 9.20. The fourth-order valence-corrected chi connectivity index (χ4v) is 3.36. The molecule has 0 bridgehead atoms. The van der Waals surface area contributed by atoms with Gasteiger partial charge in [-0.1, -0.05) is 32.1 Å². The molecule has 5 nitrogen and oxygen atoms in total. The summed E-state index contributed by atoms with van der Waals surface area (Å²) in [4.78, 5) is 25.2. The van der Waals surface area contributed by atoms with Gasteiger partial charge in [0, 0.05) is 6.61 Å². The summed E-state index contributed by atoms with van der Waals surface area (Å²) >= 11 is 0. The molecule has 25 heavy (non-hydrogen) atoms. The maximum atomic E-state index is 12.6. The number of hydrogen-bond acceptors (Lipinski definition) is 5. The van der Waals surface area contributed by atoms with Gasteiger partial charge in [0.1, 0.15) is 11.2 Å². The zero-order valence-electron chi connectivity index (χ0n) is 16.8. The van der Waals surface area contributed by atoms with Gasteiger partial charge in [-0.3, -0.25) is 9.59 Å². The van der Waals surface area contributed by atoms with Gasteiger partial charge >= 0.3 is 11.9 Å². The molecule has 1 rings (SSSR count). The molecule has 0 spiro atoms. The molecule has 0 heterocycles. The Hall–Kier alpha value is -1.10. The van der Waals surface area contributed by atoms with E-state index in [0.717, 1.165) is 25.7 Å². The number of rotatable bonds is 6. The van der Waals surface area contributed by atoms with Crippen molar-refractivity contribution in [1.29, 1.82) is 0 Å². The lowest BCUT2D eigenvalue weighted by atomic mass is 9.76. The summed E-state index contributed by atoms with van der Waals surface area (Å²) in [5.41, 5.74) is -1.34. The average Bonchev–Trinajstić information content (AvgIpc) is 2.45. The van der Waals surface area contributed by atoms with Crippen LogP contribution in [0.5, 0.6) is 0 Å². The number of ether oxygens (including phenoxy) is 2. The molecule has 1 N–H and O–H groups in total. The van der Waals surface area contributed by atoms with Crippen molar-refractivity contribution in [3.8, 4) is 0 Å². The van der Waals surface area contributed by atoms with Crippen LogP contribution in [0.15, 0.2) is 0 Å². The molecule has 0 aliphatic heterocycles. The van der Waals surface area contributed by atoms with Gasteiger partial charge in [0.2, 0.25) is 0 Å². The molecule has 5 heteroatoms. The Labute approximate surface area is 152 Å². The Morgan fingerprint density at radius 1 is 0.920 bits per heavy atom. The topological polar surface area (TPSA) is 72.8 Å². The Morgan fingerprint density at radius 2 is 1.36 bits per heavy atom. The van der Waals surface area contributed by atoms with Gasteiger partial charge in [0.05, 0.1) is 0 Å². The number of carbonyl (C=O) groups is 2. The molecular weight excluding hydrogens is 320 g/mol. The smallest absolute Gasteiger partial charge is 0.320 e. The van der Waals surface area contributed by atoms with E-state index in [0.29, 0.717) is 5.92 Å². The minimum absolute atomic E-state index is 0.0211. The van der Waals surface area contributed by atoms with Crippen LogP contribution in [0.25, 0.3) is 0 Å². The molecule has 1 fully saturated rings. The first-order valence-corrected chi connectivity index (χ1v) is 9.49. The quantitative estimate of drug-likeness (QED) is 0.578. The van der Waals surface area contributed by atoms with Crippen LogP contribution in [0.3, 0.4) is 0 Å². The van der Waals surface area contributed by atoms with Crippen molar-refractivity contribution in [1.82, 2.24) is 0 Å². The second-order valence-electron chi connectivity index (χ2n) is 9.20. The lowest BCUT2D eigenvalue weighted by molar-refractivity contribution is -0.175. The van der Waals surface area contributed by atoms with Crippen LogP contribution in [-0.2, 0) is 19.1 Å². The summed E-state index contributed by atoms with van der Waals surface area (Å²) in [6.45, 7) is 10.7. The zero-order chi connectivity index (χ0) is 19.3. The molecular formula is C20H36O5. The Bertz CT molecular complexity index is 410. The Morgan fingerprint density at radius 3 is 1.72 bits per heavy atom. The molecule has 1 aliphatic carbocycles. The zero-order valence-corrected chi connectivity index (χ0v) is 16.8. The molecule has 0 unspecified atom stereocenters. The SMILES string of the molecule is CC(C)(C)OC(=O)C(C[C@@H](CO)C1CCCCC1)C(=O)OC(C)(C)C. The van der Waals surface area contributed by atoms with Gasteiger partial charge in [-0.2, -0.15) is 0 Å². The number of hydrogen-bond donors (Lipinski definition) is 1. The summed E-state index contributed by atoms with van der Waals surface area (Å²) in [6.07, 6.45) is 5.87. The lowest BCUT2D eigenvalue weighted by Gasteiger charge is -2.32. The molecule has 1 atom stereocenters. The van der Waals surface area contributed by atoms with E-state index in [2.05, 4.69) is 0 Å². The molecule has 0 aromatic carbocycles. The van der Waals surface area contributed by atoms with Gasteiger partial charge in [-0.15, -0.1) is 0 Å². The molecule has 0 aromatic heterocycles. The summed E-state index contributed by atoms with van der Waals surface area (Å²) < 4.78 is 10.9. The van der Waals surface area contributed by atoms with Crippen molar-refractivity contribution in [3.63, 3.8) is 0 Å². The van der Waals surface area contributed by atoms with E-state index in [1.165, 1.54) is 6.42 Å². The molecule has 0 radical (unpaired) electrons. The van der Waals surface area contributed by atoms with E-state index in [4.69, 9.17) is 9.47 Å². The molecule has 0 saturated heterocycles. The van der Waals surface area contributed by atoms with Crippen LogP contribution in [0.4, 0.5) is 0 Å². The fourth-order valence-electron chi connectivity index (χ4n) is 3.36. The number of aliphatic hydroxyl groups is 1. The fraction of sp³-hybridized carbons (Fsp3) is 0.900. The normalized spacial score (nSPS) is 18.1. The van der Waals surface area contributed by atoms with E-state index < -0.39 is 29.1 Å². The molecule has 1 saturated carbocycles. The van der Waals surface area contributed by atoms with Crippen LogP contribution >= 0.6 is 0 Å². The third kappa shape index (κ3) is 8.21. The van der Waals surface area contributed by atoms with Gasteiger partial charge < -0.3 is 14.6 Å². The summed E-state index contributed by atoms with van der Waals surface area (Å²) in [5, 5.41) is 9.85. The number of aliphatic hydroxyl groups excluding tert-OH is 1. The van der Waals surface area contributed by atoms with Crippen LogP contribution in [-0.4, -0.2) is 34.9 Å². The summed E-state index contributed by atoms with van der Waals surface area (Å²) in [7, 11) is 0. The maximum absolute atomic E-state index is 12.6. The predicted octanol–water partition coefficient (Wildman–Crippen LogP) is 3.86. The monoisotopic (exact) mass is 356 g/mol. The van der Waals surface area contributed by atoms with Gasteiger partial charge in [0.25, 0.3) is 0 Å². The summed E-state index contributed by atoms with van der Waals surface area (Å²) in [6, 6.07) is 0. The first-order valence-electron chi connectivity index (χ1n) is 9.49. The van der Waals surface area contributed by atoms with E-state index in [-0.39, 0.29) is 18.9 Å².